The topological polar surface area (TPSA) is 69.6 Å². The van der Waals surface area contributed by atoms with Crippen molar-refractivity contribution < 1.29 is 0 Å². The lowest BCUT2D eigenvalue weighted by molar-refractivity contribution is 0.707. The second kappa shape index (κ2) is 6.13. The molecule has 0 fully saturated rings. The second-order valence-electron chi connectivity index (χ2n) is 5.56. The van der Waals surface area contributed by atoms with Gasteiger partial charge in [-0.2, -0.15) is 5.10 Å². The SMILES string of the molecule is CCCCCc1nc2c(cc1-c1ccncc1)c(N)nn2C. The first-order valence-corrected chi connectivity index (χ1v) is 7.73. The Morgan fingerprint density at radius 3 is 2.68 bits per heavy atom. The maximum Gasteiger partial charge on any atom is 0.160 e. The third kappa shape index (κ3) is 2.66. The molecule has 22 heavy (non-hydrogen) atoms. The van der Waals surface area contributed by atoms with Gasteiger partial charge in [-0.3, -0.25) is 4.98 Å². The first-order valence-electron chi connectivity index (χ1n) is 7.73. The molecule has 0 aromatic carbocycles. The number of pyridine rings is 2. The molecule has 0 aliphatic carbocycles. The minimum atomic E-state index is 0.528. The molecule has 0 saturated carbocycles. The first-order chi connectivity index (χ1) is 10.7. The van der Waals surface area contributed by atoms with Crippen LogP contribution >= 0.6 is 0 Å². The van der Waals surface area contributed by atoms with Crippen molar-refractivity contribution >= 4 is 16.9 Å². The lowest BCUT2D eigenvalue weighted by Crippen LogP contribution is -1.99. The number of nitrogen functional groups attached to an aromatic ring is 1. The van der Waals surface area contributed by atoms with Crippen molar-refractivity contribution in [2.45, 2.75) is 32.6 Å². The normalized spacial score (nSPS) is 11.2. The zero-order valence-electron chi connectivity index (χ0n) is 13.1. The largest absolute Gasteiger partial charge is 0.382 e. The number of aryl methyl sites for hydroxylation is 2. The zero-order chi connectivity index (χ0) is 15.5. The standard InChI is InChI=1S/C17H21N5/c1-3-4-5-6-15-13(12-7-9-19-10-8-12)11-14-16(18)21-22(2)17(14)20-15/h7-11H,3-6H2,1-2H3,(H2,18,21). The van der Waals surface area contributed by atoms with Crippen LogP contribution < -0.4 is 5.73 Å². The maximum atomic E-state index is 6.01. The zero-order valence-corrected chi connectivity index (χ0v) is 13.1. The molecule has 0 atom stereocenters. The lowest BCUT2D eigenvalue weighted by Gasteiger charge is -2.10. The summed E-state index contributed by atoms with van der Waals surface area (Å²) in [6.07, 6.45) is 8.13. The number of rotatable bonds is 5. The number of unbranched alkanes of at least 4 members (excludes halogenated alkanes) is 2. The van der Waals surface area contributed by atoms with Crippen LogP contribution in [0.1, 0.15) is 31.9 Å². The monoisotopic (exact) mass is 295 g/mol. The van der Waals surface area contributed by atoms with Gasteiger partial charge in [0.1, 0.15) is 0 Å². The first kappa shape index (κ1) is 14.5. The van der Waals surface area contributed by atoms with Gasteiger partial charge in [-0.05, 0) is 36.6 Å². The van der Waals surface area contributed by atoms with Crippen molar-refractivity contribution in [2.75, 3.05) is 5.73 Å². The van der Waals surface area contributed by atoms with Gasteiger partial charge in [0.2, 0.25) is 0 Å². The van der Waals surface area contributed by atoms with Crippen LogP contribution in [0.5, 0.6) is 0 Å². The highest BCUT2D eigenvalue weighted by molar-refractivity contribution is 5.90. The van der Waals surface area contributed by atoms with Crippen molar-refractivity contribution in [3.05, 3.63) is 36.3 Å². The van der Waals surface area contributed by atoms with E-state index in [4.69, 9.17) is 10.7 Å². The van der Waals surface area contributed by atoms with Gasteiger partial charge in [-0.15, -0.1) is 0 Å². The molecule has 114 valence electrons. The molecule has 3 heterocycles. The smallest absolute Gasteiger partial charge is 0.160 e. The minimum Gasteiger partial charge on any atom is -0.382 e. The van der Waals surface area contributed by atoms with Gasteiger partial charge < -0.3 is 5.73 Å². The summed E-state index contributed by atoms with van der Waals surface area (Å²) in [4.78, 5) is 8.94. The predicted molar refractivity (Wildman–Crippen MR) is 89.4 cm³/mol. The summed E-state index contributed by atoms with van der Waals surface area (Å²) >= 11 is 0. The number of nitrogens with zero attached hydrogens (tertiary/aromatic N) is 4. The quantitative estimate of drug-likeness (QED) is 0.733. The van der Waals surface area contributed by atoms with E-state index in [1.807, 2.05) is 31.6 Å². The highest BCUT2D eigenvalue weighted by Crippen LogP contribution is 2.29. The average molecular weight is 295 g/mol. The summed E-state index contributed by atoms with van der Waals surface area (Å²) in [6, 6.07) is 6.14. The van der Waals surface area contributed by atoms with Crippen LogP contribution in [0.4, 0.5) is 5.82 Å². The van der Waals surface area contributed by atoms with Crippen molar-refractivity contribution in [2.24, 2.45) is 7.05 Å². The van der Waals surface area contributed by atoms with E-state index >= 15 is 0 Å². The van der Waals surface area contributed by atoms with Crippen LogP contribution in [-0.4, -0.2) is 19.7 Å². The Hall–Kier alpha value is -2.43. The van der Waals surface area contributed by atoms with E-state index in [-0.39, 0.29) is 0 Å². The summed E-state index contributed by atoms with van der Waals surface area (Å²) < 4.78 is 1.75. The van der Waals surface area contributed by atoms with Crippen LogP contribution in [-0.2, 0) is 13.5 Å². The molecule has 3 aromatic heterocycles. The maximum absolute atomic E-state index is 6.01. The predicted octanol–water partition coefficient (Wildman–Crippen LogP) is 3.35. The van der Waals surface area contributed by atoms with E-state index in [2.05, 4.69) is 23.1 Å². The molecule has 0 aliphatic heterocycles. The fraction of sp³-hybridized carbons (Fsp3) is 0.353. The summed E-state index contributed by atoms with van der Waals surface area (Å²) in [7, 11) is 1.88. The summed E-state index contributed by atoms with van der Waals surface area (Å²) in [6.45, 7) is 2.21. The van der Waals surface area contributed by atoms with E-state index in [0.717, 1.165) is 40.7 Å². The lowest BCUT2D eigenvalue weighted by atomic mass is 10.0. The molecule has 0 aliphatic rings. The Kier molecular flexibility index (Phi) is 4.04. The third-order valence-corrected chi connectivity index (χ3v) is 3.93. The Bertz CT molecular complexity index is 777. The van der Waals surface area contributed by atoms with Gasteiger partial charge >= 0.3 is 0 Å². The van der Waals surface area contributed by atoms with Crippen molar-refractivity contribution in [3.63, 3.8) is 0 Å². The van der Waals surface area contributed by atoms with Crippen molar-refractivity contribution in [3.8, 4) is 11.1 Å². The number of nitrogens with two attached hydrogens (primary N) is 1. The van der Waals surface area contributed by atoms with E-state index in [0.29, 0.717) is 5.82 Å². The molecule has 0 bridgehead atoms. The molecule has 0 saturated heterocycles. The number of anilines is 1. The fourth-order valence-electron chi connectivity index (χ4n) is 2.75. The number of hydrogen-bond acceptors (Lipinski definition) is 4. The molecule has 0 spiro atoms. The van der Waals surface area contributed by atoms with Gasteiger partial charge in [0.15, 0.2) is 11.5 Å². The highest BCUT2D eigenvalue weighted by Gasteiger charge is 2.14. The van der Waals surface area contributed by atoms with Crippen LogP contribution in [0.15, 0.2) is 30.6 Å². The molecule has 5 heteroatoms. The molecule has 0 unspecified atom stereocenters. The highest BCUT2D eigenvalue weighted by atomic mass is 15.3. The molecular formula is C17H21N5. The van der Waals surface area contributed by atoms with Gasteiger partial charge in [0.05, 0.1) is 11.1 Å². The molecule has 0 amide bonds. The Labute approximate surface area is 130 Å². The van der Waals surface area contributed by atoms with Crippen LogP contribution in [0.3, 0.4) is 0 Å². The molecule has 5 nitrogen and oxygen atoms in total. The molecule has 0 radical (unpaired) electrons. The Balaban J connectivity index is 2.14. The van der Waals surface area contributed by atoms with Gasteiger partial charge in [0.25, 0.3) is 0 Å². The fourth-order valence-corrected chi connectivity index (χ4v) is 2.75. The van der Waals surface area contributed by atoms with E-state index in [1.54, 1.807) is 4.68 Å². The minimum absolute atomic E-state index is 0.528. The van der Waals surface area contributed by atoms with Crippen molar-refractivity contribution in [1.29, 1.82) is 0 Å². The van der Waals surface area contributed by atoms with Crippen molar-refractivity contribution in [1.82, 2.24) is 19.7 Å². The molecule has 3 aromatic rings. The Morgan fingerprint density at radius 1 is 1.18 bits per heavy atom. The number of aromatic nitrogens is 4. The summed E-state index contributed by atoms with van der Waals surface area (Å²) in [5.74, 6) is 0.528. The number of hydrogen-bond donors (Lipinski definition) is 1. The molecular weight excluding hydrogens is 274 g/mol. The average Bonchev–Trinajstić information content (AvgIpc) is 2.82. The summed E-state index contributed by atoms with van der Waals surface area (Å²) in [5.41, 5.74) is 10.2. The van der Waals surface area contributed by atoms with Gasteiger partial charge in [-0.25, -0.2) is 9.67 Å². The third-order valence-electron chi connectivity index (χ3n) is 3.93. The van der Waals surface area contributed by atoms with Crippen LogP contribution in [0.25, 0.3) is 22.2 Å². The Morgan fingerprint density at radius 2 is 1.95 bits per heavy atom. The molecule has 2 N–H and O–H groups in total. The van der Waals surface area contributed by atoms with E-state index < -0.39 is 0 Å². The van der Waals surface area contributed by atoms with Gasteiger partial charge in [-0.1, -0.05) is 19.8 Å². The summed E-state index contributed by atoms with van der Waals surface area (Å²) in [5, 5.41) is 5.19. The second-order valence-corrected chi connectivity index (χ2v) is 5.56. The van der Waals surface area contributed by atoms with Gasteiger partial charge in [0, 0.05) is 25.0 Å². The van der Waals surface area contributed by atoms with Crippen LogP contribution in [0.2, 0.25) is 0 Å². The number of fused-ring (bicyclic) bond motifs is 1. The van der Waals surface area contributed by atoms with Crippen LogP contribution in [0, 0.1) is 0 Å². The van der Waals surface area contributed by atoms with E-state index in [9.17, 15) is 0 Å². The van der Waals surface area contributed by atoms with E-state index in [1.165, 1.54) is 12.8 Å². The molecule has 3 rings (SSSR count).